The Labute approximate surface area is 149 Å². The van der Waals surface area contributed by atoms with Crippen LogP contribution in [0.3, 0.4) is 0 Å². The molecule has 0 spiro atoms. The first-order chi connectivity index (χ1) is 12.3. The topological polar surface area (TPSA) is 124 Å². The molecule has 10 nitrogen and oxygen atoms in total. The molecule has 2 aliphatic rings. The summed E-state index contributed by atoms with van der Waals surface area (Å²) in [6.07, 6.45) is 1.73. The molecule has 4 heterocycles. The van der Waals surface area contributed by atoms with Crippen molar-refractivity contribution >= 4 is 23.0 Å². The number of carbonyl (C=O) groups is 1. The second-order valence-corrected chi connectivity index (χ2v) is 6.91. The predicted octanol–water partition coefficient (Wildman–Crippen LogP) is 0.259. The normalized spacial score (nSPS) is 29.8. The molecule has 0 amide bonds. The van der Waals surface area contributed by atoms with Crippen LogP contribution in [0.25, 0.3) is 11.2 Å². The van der Waals surface area contributed by atoms with Crippen molar-refractivity contribution in [2.45, 2.75) is 57.5 Å². The smallest absolute Gasteiger partial charge is 0.302 e. The Morgan fingerprint density at radius 3 is 2.73 bits per heavy atom. The van der Waals surface area contributed by atoms with E-state index in [1.807, 2.05) is 18.4 Å². The molecule has 0 radical (unpaired) electrons. The molecule has 26 heavy (non-hydrogen) atoms. The van der Waals surface area contributed by atoms with Crippen LogP contribution in [0.15, 0.2) is 12.7 Å². The maximum atomic E-state index is 11.1. The number of esters is 1. The van der Waals surface area contributed by atoms with Crippen LogP contribution in [-0.2, 0) is 30.3 Å². The number of anilines is 1. The fraction of sp³-hybridized carbons (Fsp3) is 0.625. The highest BCUT2D eigenvalue weighted by Crippen LogP contribution is 2.39. The molecule has 2 N–H and O–H groups in total. The Kier molecular flexibility index (Phi) is 4.05. The summed E-state index contributed by atoms with van der Waals surface area (Å²) in [5.41, 5.74) is 7.01. The van der Waals surface area contributed by atoms with Gasteiger partial charge >= 0.3 is 5.97 Å². The van der Waals surface area contributed by atoms with Crippen molar-refractivity contribution < 1.29 is 23.7 Å². The molecule has 2 saturated heterocycles. The van der Waals surface area contributed by atoms with Gasteiger partial charge in [0.2, 0.25) is 0 Å². The molecule has 0 aliphatic carbocycles. The van der Waals surface area contributed by atoms with Crippen molar-refractivity contribution in [2.24, 2.45) is 0 Å². The summed E-state index contributed by atoms with van der Waals surface area (Å²) in [6, 6.07) is 0. The number of nitrogens with two attached hydrogens (primary N) is 1. The molecular formula is C16H21N5O5. The lowest BCUT2D eigenvalue weighted by Gasteiger charge is -2.24. The SMILES string of the molecule is CC(=O)OC[C@H]1OC(Cn2cnc3c(N)ncnc32)[C@@H]2OC(C)(C)O[C@H]12. The zero-order chi connectivity index (χ0) is 18.5. The van der Waals surface area contributed by atoms with E-state index in [1.165, 1.54) is 13.3 Å². The maximum Gasteiger partial charge on any atom is 0.302 e. The highest BCUT2D eigenvalue weighted by molar-refractivity contribution is 5.81. The van der Waals surface area contributed by atoms with Gasteiger partial charge in [0, 0.05) is 6.92 Å². The second-order valence-electron chi connectivity index (χ2n) is 6.91. The third-order valence-corrected chi connectivity index (χ3v) is 4.50. The zero-order valence-electron chi connectivity index (χ0n) is 14.8. The monoisotopic (exact) mass is 363 g/mol. The van der Waals surface area contributed by atoms with Gasteiger partial charge in [-0.25, -0.2) is 15.0 Å². The first-order valence-corrected chi connectivity index (χ1v) is 8.40. The molecular weight excluding hydrogens is 342 g/mol. The number of fused-ring (bicyclic) bond motifs is 2. The van der Waals surface area contributed by atoms with Gasteiger partial charge in [-0.2, -0.15) is 0 Å². The van der Waals surface area contributed by atoms with Crippen molar-refractivity contribution in [3.05, 3.63) is 12.7 Å². The number of imidazole rings is 1. The molecule has 2 aliphatic heterocycles. The number of carbonyl (C=O) groups excluding carboxylic acids is 1. The highest BCUT2D eigenvalue weighted by atomic mass is 16.8. The molecule has 0 saturated carbocycles. The van der Waals surface area contributed by atoms with E-state index in [9.17, 15) is 4.79 Å². The molecule has 2 aromatic heterocycles. The first-order valence-electron chi connectivity index (χ1n) is 8.40. The van der Waals surface area contributed by atoms with E-state index in [1.54, 1.807) is 6.33 Å². The summed E-state index contributed by atoms with van der Waals surface area (Å²) in [5.74, 6) is -0.761. The summed E-state index contributed by atoms with van der Waals surface area (Å²) >= 11 is 0. The van der Waals surface area contributed by atoms with Crippen LogP contribution in [0.1, 0.15) is 20.8 Å². The molecule has 1 unspecified atom stereocenters. The van der Waals surface area contributed by atoms with Gasteiger partial charge in [-0.15, -0.1) is 0 Å². The van der Waals surface area contributed by atoms with E-state index < -0.39 is 11.9 Å². The van der Waals surface area contributed by atoms with Crippen LogP contribution in [0, 0.1) is 0 Å². The molecule has 2 fully saturated rings. The Morgan fingerprint density at radius 1 is 1.27 bits per heavy atom. The van der Waals surface area contributed by atoms with Crippen molar-refractivity contribution in [1.29, 1.82) is 0 Å². The summed E-state index contributed by atoms with van der Waals surface area (Å²) in [7, 11) is 0. The zero-order valence-corrected chi connectivity index (χ0v) is 14.8. The Hall–Kier alpha value is -2.30. The molecule has 2 aromatic rings. The van der Waals surface area contributed by atoms with E-state index in [0.29, 0.717) is 23.5 Å². The summed E-state index contributed by atoms with van der Waals surface area (Å²) in [4.78, 5) is 23.6. The second kappa shape index (κ2) is 6.15. The minimum Gasteiger partial charge on any atom is -0.463 e. The number of aromatic nitrogens is 4. The van der Waals surface area contributed by atoms with Crippen LogP contribution < -0.4 is 5.73 Å². The maximum absolute atomic E-state index is 11.1. The van der Waals surface area contributed by atoms with Crippen molar-refractivity contribution in [3.63, 3.8) is 0 Å². The molecule has 140 valence electrons. The van der Waals surface area contributed by atoms with Crippen molar-refractivity contribution in [3.8, 4) is 0 Å². The van der Waals surface area contributed by atoms with Crippen LogP contribution in [-0.4, -0.2) is 62.3 Å². The van der Waals surface area contributed by atoms with Gasteiger partial charge in [0.25, 0.3) is 0 Å². The van der Waals surface area contributed by atoms with Gasteiger partial charge in [-0.1, -0.05) is 0 Å². The van der Waals surface area contributed by atoms with Crippen LogP contribution in [0.2, 0.25) is 0 Å². The molecule has 4 rings (SSSR count). The average molecular weight is 363 g/mol. The van der Waals surface area contributed by atoms with E-state index in [2.05, 4.69) is 15.0 Å². The number of hydrogen-bond donors (Lipinski definition) is 1. The lowest BCUT2D eigenvalue weighted by Crippen LogP contribution is -2.33. The van der Waals surface area contributed by atoms with Gasteiger partial charge in [0.05, 0.1) is 12.9 Å². The quantitative estimate of drug-likeness (QED) is 0.762. The number of rotatable bonds is 4. The number of hydrogen-bond acceptors (Lipinski definition) is 9. The fourth-order valence-electron chi connectivity index (χ4n) is 3.48. The van der Waals surface area contributed by atoms with Gasteiger partial charge in [-0.3, -0.25) is 4.79 Å². The van der Waals surface area contributed by atoms with Gasteiger partial charge in [0.1, 0.15) is 42.9 Å². The van der Waals surface area contributed by atoms with E-state index in [-0.39, 0.29) is 30.9 Å². The Bertz CT molecular complexity index is 838. The molecule has 0 aromatic carbocycles. The summed E-state index contributed by atoms with van der Waals surface area (Å²) in [5, 5.41) is 0. The average Bonchev–Trinajstić information content (AvgIpc) is 3.19. The lowest BCUT2D eigenvalue weighted by molar-refractivity contribution is -0.193. The predicted molar refractivity (Wildman–Crippen MR) is 88.9 cm³/mol. The summed E-state index contributed by atoms with van der Waals surface area (Å²) in [6.45, 7) is 5.63. The molecule has 10 heteroatoms. The van der Waals surface area contributed by atoms with Gasteiger partial charge in [-0.05, 0) is 13.8 Å². The van der Waals surface area contributed by atoms with Gasteiger partial charge in [0.15, 0.2) is 17.3 Å². The molecule has 4 atom stereocenters. The first kappa shape index (κ1) is 17.1. The van der Waals surface area contributed by atoms with E-state index in [0.717, 1.165) is 0 Å². The van der Waals surface area contributed by atoms with Crippen LogP contribution in [0.5, 0.6) is 0 Å². The number of ether oxygens (including phenoxy) is 4. The number of nitrogens with zero attached hydrogens (tertiary/aromatic N) is 4. The Morgan fingerprint density at radius 2 is 2.00 bits per heavy atom. The van der Waals surface area contributed by atoms with Crippen molar-refractivity contribution in [2.75, 3.05) is 12.3 Å². The summed E-state index contributed by atoms with van der Waals surface area (Å²) < 4.78 is 25.0. The highest BCUT2D eigenvalue weighted by Gasteiger charge is 2.55. The lowest BCUT2D eigenvalue weighted by atomic mass is 10.1. The van der Waals surface area contributed by atoms with Crippen molar-refractivity contribution in [1.82, 2.24) is 19.5 Å². The van der Waals surface area contributed by atoms with Crippen LogP contribution in [0.4, 0.5) is 5.82 Å². The third kappa shape index (κ3) is 3.00. The Balaban J connectivity index is 1.57. The number of nitrogen functional groups attached to an aromatic ring is 1. The largest absolute Gasteiger partial charge is 0.463 e. The standard InChI is InChI=1S/C16H21N5O5/c1-8(22)23-5-10-13-12(25-16(2,3)26-13)9(24-10)4-21-7-20-11-14(17)18-6-19-15(11)21/h6-7,9-10,12-13H,4-5H2,1-3H3,(H2,17,18,19)/t9?,10-,12+,13-/m1/s1. The minimum atomic E-state index is -0.727. The fourth-order valence-corrected chi connectivity index (χ4v) is 3.48. The van der Waals surface area contributed by atoms with E-state index >= 15 is 0 Å². The molecule has 0 bridgehead atoms. The van der Waals surface area contributed by atoms with Gasteiger partial charge < -0.3 is 29.2 Å². The third-order valence-electron chi connectivity index (χ3n) is 4.50. The minimum absolute atomic E-state index is 0.117. The van der Waals surface area contributed by atoms with E-state index in [4.69, 9.17) is 24.7 Å². The van der Waals surface area contributed by atoms with Crippen LogP contribution >= 0.6 is 0 Å².